The largest absolute Gasteiger partial charge is 0.0935 e. The summed E-state index contributed by atoms with van der Waals surface area (Å²) in [6.45, 7) is 30.4. The van der Waals surface area contributed by atoms with Gasteiger partial charge in [0.2, 0.25) is 0 Å². The Hall–Kier alpha value is 1.72. The molecule has 0 aromatic carbocycles. The lowest BCUT2D eigenvalue weighted by molar-refractivity contribution is 0.766. The zero-order valence-electron chi connectivity index (χ0n) is 15.8. The molecular formula is C16H37P4+. The van der Waals surface area contributed by atoms with Crippen molar-refractivity contribution in [3.63, 3.8) is 0 Å². The molecule has 4 heteroatoms. The SMILES string of the molecule is CC(C)(C)P1P(C(C)(C)C)[PH+](C(C)(C)C)P1C(C)(C)C. The Kier molecular flexibility index (Phi) is 5.60. The van der Waals surface area contributed by atoms with Gasteiger partial charge in [0.05, 0.1) is 27.1 Å². The molecule has 0 saturated carbocycles. The second-order valence-electron chi connectivity index (χ2n) is 10.00. The molecule has 0 N–H and O–H groups in total. The lowest BCUT2D eigenvalue weighted by Gasteiger charge is -2.61. The zero-order chi connectivity index (χ0) is 16.3. The van der Waals surface area contributed by atoms with E-state index in [0.29, 0.717) is 20.6 Å². The van der Waals surface area contributed by atoms with E-state index < -0.39 is 0 Å². The summed E-state index contributed by atoms with van der Waals surface area (Å²) < 4.78 is 0. The van der Waals surface area contributed by atoms with Crippen LogP contribution in [0.3, 0.4) is 0 Å². The molecule has 2 unspecified atom stereocenters. The van der Waals surface area contributed by atoms with Gasteiger partial charge in [-0.2, -0.15) is 0 Å². The van der Waals surface area contributed by atoms with E-state index >= 15 is 0 Å². The highest BCUT2D eigenvalue weighted by molar-refractivity contribution is 9.09. The third-order valence-corrected chi connectivity index (χ3v) is 49.8. The molecule has 1 rings (SSSR count). The van der Waals surface area contributed by atoms with Gasteiger partial charge in [-0.3, -0.25) is 0 Å². The second kappa shape index (κ2) is 5.66. The Labute approximate surface area is 133 Å². The van der Waals surface area contributed by atoms with Gasteiger partial charge in [0, 0.05) is 17.6 Å². The van der Waals surface area contributed by atoms with Gasteiger partial charge in [0.25, 0.3) is 0 Å². The molecular weight excluding hydrogens is 316 g/mol. The highest BCUT2D eigenvalue weighted by Crippen LogP contribution is 3.27. The van der Waals surface area contributed by atoms with Crippen molar-refractivity contribution >= 4 is 29.2 Å². The van der Waals surface area contributed by atoms with Crippen LogP contribution in [-0.2, 0) is 0 Å². The van der Waals surface area contributed by atoms with E-state index in [1.165, 1.54) is 0 Å². The Balaban J connectivity index is 3.33. The Morgan fingerprint density at radius 3 is 0.950 bits per heavy atom. The summed E-state index contributed by atoms with van der Waals surface area (Å²) in [5.41, 5.74) is 0. The van der Waals surface area contributed by atoms with E-state index in [1.54, 1.807) is 0 Å². The van der Waals surface area contributed by atoms with E-state index in [2.05, 4.69) is 83.1 Å². The molecule has 0 amide bonds. The van der Waals surface area contributed by atoms with E-state index in [1.807, 2.05) is 0 Å². The van der Waals surface area contributed by atoms with Crippen LogP contribution in [0.5, 0.6) is 0 Å². The first-order chi connectivity index (χ1) is 8.49. The molecule has 0 aliphatic carbocycles. The van der Waals surface area contributed by atoms with Crippen LogP contribution in [-0.4, -0.2) is 20.6 Å². The fraction of sp³-hybridized carbons (Fsp3) is 1.00. The molecule has 0 aromatic heterocycles. The molecule has 120 valence electrons. The third kappa shape index (κ3) is 3.97. The lowest BCUT2D eigenvalue weighted by Crippen LogP contribution is -2.30. The molecule has 1 aliphatic heterocycles. The van der Waals surface area contributed by atoms with Crippen LogP contribution in [0.1, 0.15) is 83.1 Å². The summed E-state index contributed by atoms with van der Waals surface area (Å²) in [5.74, 6) is 0. The summed E-state index contributed by atoms with van der Waals surface area (Å²) in [6.07, 6.45) is 0. The van der Waals surface area contributed by atoms with E-state index in [-0.39, 0.29) is 29.2 Å². The van der Waals surface area contributed by atoms with Crippen molar-refractivity contribution in [2.45, 2.75) is 104 Å². The highest BCUT2D eigenvalue weighted by Gasteiger charge is 2.71. The summed E-state index contributed by atoms with van der Waals surface area (Å²) >= 11 is 0. The predicted octanol–water partition coefficient (Wildman–Crippen LogP) is 8.51. The molecule has 1 saturated heterocycles. The van der Waals surface area contributed by atoms with Gasteiger partial charge in [-0.1, -0.05) is 62.3 Å². The first kappa shape index (κ1) is 19.8. The quantitative estimate of drug-likeness (QED) is 0.383. The molecule has 0 bridgehead atoms. The van der Waals surface area contributed by atoms with Crippen LogP contribution in [0, 0.1) is 0 Å². The molecule has 20 heavy (non-hydrogen) atoms. The first-order valence-corrected chi connectivity index (χ1v) is 16.4. The molecule has 0 aromatic rings. The van der Waals surface area contributed by atoms with Gasteiger partial charge in [-0.05, 0) is 25.9 Å². The van der Waals surface area contributed by atoms with Gasteiger partial charge < -0.3 is 0 Å². The van der Waals surface area contributed by atoms with Gasteiger partial charge in [0.1, 0.15) is 0 Å². The van der Waals surface area contributed by atoms with E-state index in [9.17, 15) is 0 Å². The Morgan fingerprint density at radius 1 is 0.500 bits per heavy atom. The molecule has 0 spiro atoms. The highest BCUT2D eigenvalue weighted by atomic mass is 33.0. The van der Waals surface area contributed by atoms with E-state index in [0.717, 1.165) is 0 Å². The zero-order valence-corrected chi connectivity index (χ0v) is 19.5. The van der Waals surface area contributed by atoms with Gasteiger partial charge in [-0.15, -0.1) is 0 Å². The molecule has 1 aliphatic rings. The van der Waals surface area contributed by atoms with Crippen molar-refractivity contribution in [2.24, 2.45) is 0 Å². The van der Waals surface area contributed by atoms with Crippen molar-refractivity contribution in [3.05, 3.63) is 0 Å². The molecule has 1 heterocycles. The Morgan fingerprint density at radius 2 is 0.800 bits per heavy atom. The topological polar surface area (TPSA) is 0 Å². The van der Waals surface area contributed by atoms with Gasteiger partial charge in [0.15, 0.2) is 0 Å². The van der Waals surface area contributed by atoms with Gasteiger partial charge >= 0.3 is 0 Å². The van der Waals surface area contributed by atoms with Crippen LogP contribution in [0.15, 0.2) is 0 Å². The van der Waals surface area contributed by atoms with Crippen LogP contribution in [0.2, 0.25) is 0 Å². The minimum absolute atomic E-state index is 0.228. The summed E-state index contributed by atoms with van der Waals surface area (Å²) in [6, 6.07) is 0. The number of hydrogen-bond acceptors (Lipinski definition) is 0. The van der Waals surface area contributed by atoms with Crippen molar-refractivity contribution in [1.29, 1.82) is 0 Å². The van der Waals surface area contributed by atoms with Crippen LogP contribution in [0.4, 0.5) is 0 Å². The van der Waals surface area contributed by atoms with Crippen LogP contribution in [0.25, 0.3) is 0 Å². The minimum atomic E-state index is -0.228. The van der Waals surface area contributed by atoms with Crippen molar-refractivity contribution in [2.75, 3.05) is 0 Å². The van der Waals surface area contributed by atoms with Crippen molar-refractivity contribution < 1.29 is 0 Å². The van der Waals surface area contributed by atoms with Crippen LogP contribution >= 0.6 is 29.2 Å². The molecule has 2 atom stereocenters. The third-order valence-electron chi connectivity index (χ3n) is 3.32. The average Bonchev–Trinajstić information content (AvgIpc) is 1.86. The summed E-state index contributed by atoms with van der Waals surface area (Å²) in [5, 5.41) is 2.24. The standard InChI is InChI=1S/C16H36P4/c1-13(2,3)17-18(14(4,5)6)20(16(10,11)12)19(17)15(7,8)9/h1-12H3/p+1. The average molecular weight is 353 g/mol. The Bertz CT molecular complexity index is 269. The lowest BCUT2D eigenvalue weighted by atomic mass is 10.3. The minimum Gasteiger partial charge on any atom is -0.0553 e. The monoisotopic (exact) mass is 353 g/mol. The van der Waals surface area contributed by atoms with Gasteiger partial charge in [-0.25, -0.2) is 0 Å². The maximum atomic E-state index is 2.54. The van der Waals surface area contributed by atoms with E-state index in [4.69, 9.17) is 0 Å². The fourth-order valence-electron chi connectivity index (χ4n) is 2.76. The summed E-state index contributed by atoms with van der Waals surface area (Å²) in [7, 11) is 0.502. The number of hydrogen-bond donors (Lipinski definition) is 0. The summed E-state index contributed by atoms with van der Waals surface area (Å²) in [4.78, 5) is 0. The maximum absolute atomic E-state index is 2.54. The smallest absolute Gasteiger partial charge is 0.0553 e. The fourth-order valence-corrected chi connectivity index (χ4v) is 63.7. The normalized spacial score (nSPS) is 33.0. The van der Waals surface area contributed by atoms with Crippen molar-refractivity contribution in [3.8, 4) is 0 Å². The van der Waals surface area contributed by atoms with Crippen LogP contribution < -0.4 is 0 Å². The first-order valence-electron chi connectivity index (χ1n) is 7.77. The predicted molar refractivity (Wildman–Crippen MR) is 108 cm³/mol. The number of rotatable bonds is 0. The maximum Gasteiger partial charge on any atom is 0.0935 e. The second-order valence-corrected chi connectivity index (χ2v) is 32.4. The molecule has 1 fully saturated rings. The van der Waals surface area contributed by atoms with Crippen molar-refractivity contribution in [1.82, 2.24) is 0 Å². The molecule has 0 nitrogen and oxygen atoms in total. The molecule has 0 radical (unpaired) electrons.